The predicted molar refractivity (Wildman–Crippen MR) is 234 cm³/mol. The summed E-state index contributed by atoms with van der Waals surface area (Å²) in [6.45, 7) is 32.6. The van der Waals surface area contributed by atoms with Crippen LogP contribution in [-0.4, -0.2) is 184 Å². The van der Waals surface area contributed by atoms with Gasteiger partial charge in [0.1, 0.15) is 47.3 Å². The average Bonchev–Trinajstić information content (AvgIpc) is 2.87. The monoisotopic (exact) mass is 962 g/mol. The fraction of sp³-hybridized carbons (Fsp3) is 0.725. The minimum atomic E-state index is -1.42. The van der Waals surface area contributed by atoms with Gasteiger partial charge in [-0.1, -0.05) is 6.92 Å². The molecule has 0 spiro atoms. The van der Waals surface area contributed by atoms with Crippen molar-refractivity contribution >= 4 is 129 Å². The number of hydrogen-bond donors (Lipinski definition) is 4. The van der Waals surface area contributed by atoms with Crippen LogP contribution in [0.3, 0.4) is 0 Å². The molecule has 0 aliphatic carbocycles. The van der Waals surface area contributed by atoms with Crippen molar-refractivity contribution in [2.75, 3.05) is 6.61 Å². The van der Waals surface area contributed by atoms with Crippen LogP contribution < -0.4 is 10.2 Å². The Morgan fingerprint density at radius 3 is 0.594 bits per heavy atom. The average molecular weight is 964 g/mol. The summed E-state index contributed by atoms with van der Waals surface area (Å²) in [6, 6.07) is 0. The van der Waals surface area contributed by atoms with Gasteiger partial charge in [0.2, 0.25) is 0 Å². The number of carboxylic acids is 5. The third-order valence-electron chi connectivity index (χ3n) is 3.56. The Bertz CT molecular complexity index is 1130. The molecule has 0 saturated carbocycles. The molecule has 0 aromatic heterocycles. The van der Waals surface area contributed by atoms with E-state index in [2.05, 4.69) is 16.4 Å². The number of carbonyl (C=O) groups excluding carboxylic acids is 7. The molecule has 21 nitrogen and oxygen atoms in total. The molecule has 0 rings (SSSR count). The van der Waals surface area contributed by atoms with Crippen LogP contribution in [0.4, 0.5) is 0 Å². The molecule has 0 atom stereocenters. The fourth-order valence-corrected chi connectivity index (χ4v) is 2.49. The maximum absolute atomic E-state index is 10.7. The molecule has 366 valence electrons. The van der Waals surface area contributed by atoms with Crippen LogP contribution in [0.2, 0.25) is 0 Å². The Hall–Kier alpha value is -3.04. The molecule has 0 aliphatic rings. The number of rotatable bonds is 10. The molecule has 0 saturated heterocycles. The van der Waals surface area contributed by atoms with E-state index in [4.69, 9.17) is 34.6 Å². The van der Waals surface area contributed by atoms with Crippen LogP contribution in [0.1, 0.15) is 161 Å². The molecule has 0 heterocycles. The van der Waals surface area contributed by atoms with Gasteiger partial charge in [0, 0.05) is 6.61 Å². The smallest absolute Gasteiger partial charge is 1.00 e. The molecule has 0 unspecified atom stereocenters. The molecule has 0 aliphatic heterocycles. The summed E-state index contributed by atoms with van der Waals surface area (Å²) in [5, 5.41) is 51.9. The minimum Gasteiger partial charge on any atom is -1.00 e. The van der Waals surface area contributed by atoms with E-state index in [1.54, 1.807) is 111 Å². The molecule has 64 heavy (non-hydrogen) atoms. The standard InChI is InChI=1S/5C7H12O4.C3H7.C2H6O.3Mg.3H/c5*1-7(2,3)11-6(10)4-5(8)9;1-3-2;1-2-3;;;;;;/h5*4H2,1-3H3,(H,8,9);1,3H2,2H3;3H,2H2,1H3;;;;;;/q;;;;;-1;;3*+2;3*-1/p-2. The first kappa shape index (κ1) is 84.4. The van der Waals surface area contributed by atoms with Gasteiger partial charge in [-0.05, 0) is 111 Å². The van der Waals surface area contributed by atoms with Gasteiger partial charge in [0.25, 0.3) is 0 Å². The first-order chi connectivity index (χ1) is 26.9. The number of aliphatic carboxylic acids is 5. The molecule has 0 aromatic rings. The van der Waals surface area contributed by atoms with E-state index in [0.29, 0.717) is 0 Å². The Morgan fingerprint density at radius 2 is 0.516 bits per heavy atom. The first-order valence-corrected chi connectivity index (χ1v) is 18.4. The number of esters is 5. The van der Waals surface area contributed by atoms with Gasteiger partial charge < -0.3 is 75.1 Å². The van der Waals surface area contributed by atoms with Gasteiger partial charge in [-0.15, -0.1) is 0 Å². The summed E-state index contributed by atoms with van der Waals surface area (Å²) in [5.74, 6) is -9.98. The summed E-state index contributed by atoms with van der Waals surface area (Å²) in [6.07, 6.45) is -2.08. The van der Waals surface area contributed by atoms with Crippen LogP contribution >= 0.6 is 0 Å². The van der Waals surface area contributed by atoms with E-state index in [1.165, 1.54) is 0 Å². The van der Waals surface area contributed by atoms with Crippen molar-refractivity contribution in [1.29, 1.82) is 0 Å². The third kappa shape index (κ3) is 112. The van der Waals surface area contributed by atoms with E-state index in [9.17, 15) is 58.2 Å². The van der Waals surface area contributed by atoms with Crippen molar-refractivity contribution in [1.82, 2.24) is 0 Å². The quantitative estimate of drug-likeness (QED) is 0.0797. The molecule has 24 heteroatoms. The van der Waals surface area contributed by atoms with Gasteiger partial charge in [0.15, 0.2) is 0 Å². The van der Waals surface area contributed by atoms with E-state index < -0.39 is 120 Å². The molecule has 0 radical (unpaired) electrons. The van der Waals surface area contributed by atoms with Crippen LogP contribution in [-0.2, 0) is 71.6 Å². The zero-order valence-corrected chi connectivity index (χ0v) is 45.2. The van der Waals surface area contributed by atoms with Gasteiger partial charge in [0.05, 0.1) is 24.8 Å². The molecule has 0 bridgehead atoms. The van der Waals surface area contributed by atoms with Crippen molar-refractivity contribution in [3.05, 3.63) is 6.92 Å². The van der Waals surface area contributed by atoms with Crippen molar-refractivity contribution in [2.45, 2.75) is 184 Å². The summed E-state index contributed by atoms with van der Waals surface area (Å²) in [4.78, 5) is 103. The number of carbonyl (C=O) groups is 10. The second-order valence-electron chi connectivity index (χ2n) is 16.6. The Labute approximate surface area is 430 Å². The summed E-state index contributed by atoms with van der Waals surface area (Å²) in [5.41, 5.74) is -3.08. The zero-order valence-electron chi connectivity index (χ0n) is 44.0. The van der Waals surface area contributed by atoms with Gasteiger partial charge in [-0.25, -0.2) is 0 Å². The molecule has 0 fully saturated rings. The van der Waals surface area contributed by atoms with Crippen molar-refractivity contribution < 1.29 is 107 Å². The Balaban J connectivity index is -0.0000000469. The Morgan fingerprint density at radius 1 is 0.406 bits per heavy atom. The van der Waals surface area contributed by atoms with Crippen LogP contribution in [0, 0.1) is 6.92 Å². The number of carboxylic acid groups (broad SMARTS) is 5. The van der Waals surface area contributed by atoms with Gasteiger partial charge >= 0.3 is 117 Å². The topological polar surface area (TPSA) is 344 Å². The summed E-state index contributed by atoms with van der Waals surface area (Å²) >= 11 is 0. The zero-order chi connectivity index (χ0) is 50.8. The van der Waals surface area contributed by atoms with Crippen LogP contribution in [0.25, 0.3) is 0 Å². The van der Waals surface area contributed by atoms with E-state index >= 15 is 0 Å². The number of aliphatic hydroxyl groups excluding tert-OH is 1. The number of ether oxygens (including phenoxy) is 5. The molecular formula is C40H74Mg3O21. The molecule has 4 N–H and O–H groups in total. The van der Waals surface area contributed by atoms with Crippen LogP contribution in [0.15, 0.2) is 0 Å². The van der Waals surface area contributed by atoms with Gasteiger partial charge in [-0.3, -0.25) is 38.4 Å². The van der Waals surface area contributed by atoms with Crippen molar-refractivity contribution in [2.24, 2.45) is 0 Å². The van der Waals surface area contributed by atoms with E-state index in [-0.39, 0.29) is 80.0 Å². The minimum absolute atomic E-state index is 0. The largest absolute Gasteiger partial charge is 2.00 e. The first-order valence-electron chi connectivity index (χ1n) is 18.4. The summed E-state index contributed by atoms with van der Waals surface area (Å²) in [7, 11) is 0. The third-order valence-corrected chi connectivity index (χ3v) is 3.56. The van der Waals surface area contributed by atoms with E-state index in [1.807, 2.05) is 6.92 Å². The molecule has 0 amide bonds. The van der Waals surface area contributed by atoms with Crippen LogP contribution in [0.5, 0.6) is 0 Å². The molecule has 0 aromatic carbocycles. The fourth-order valence-electron chi connectivity index (χ4n) is 2.49. The summed E-state index contributed by atoms with van der Waals surface area (Å²) < 4.78 is 23.6. The number of aliphatic hydroxyl groups is 1. The van der Waals surface area contributed by atoms with E-state index in [0.717, 1.165) is 6.42 Å². The normalized spacial score (nSPS) is 9.86. The maximum Gasteiger partial charge on any atom is 2.00 e. The van der Waals surface area contributed by atoms with Gasteiger partial charge in [-0.2, -0.15) is 6.42 Å². The Kier molecular flexibility index (Phi) is 57.8. The maximum atomic E-state index is 10.7. The second-order valence-corrected chi connectivity index (χ2v) is 16.6. The SMILES string of the molecule is CC(C)(C)OC(=O)CC(=O)O.CC(C)(C)OC(=O)CC(=O)O.CC(C)(C)OC(=O)CC(=O)O.CC(C)(C)OC(=O)CC(=O)[O-].CC(C)(C)OC(=O)CC(=O)[O-].CCO.[CH2-]CC.[H-].[H-].[H-].[Mg+2].[Mg+2].[Mg+2]. The molecular weight excluding hydrogens is 889 g/mol. The second kappa shape index (κ2) is 43.8. The predicted octanol–water partition coefficient (Wildman–Crippen LogP) is 1.77. The van der Waals surface area contributed by atoms with Crippen molar-refractivity contribution in [3.63, 3.8) is 0 Å². The van der Waals surface area contributed by atoms with Crippen molar-refractivity contribution in [3.8, 4) is 0 Å². The number of hydrogen-bond acceptors (Lipinski definition) is 18.